The van der Waals surface area contributed by atoms with Crippen molar-refractivity contribution in [3.05, 3.63) is 28.3 Å². The number of nitrogens with one attached hydrogen (secondary N) is 1. The van der Waals surface area contributed by atoms with E-state index in [4.69, 9.17) is 10.4 Å². The Labute approximate surface area is 83.6 Å². The normalized spacial score (nSPS) is 12.5. The molecule has 2 aromatic rings. The number of nitriles is 1. The van der Waals surface area contributed by atoms with E-state index in [-0.39, 0.29) is 6.61 Å². The Hall–Kier alpha value is -2.20. The molecular formula is C8H7N5O2. The van der Waals surface area contributed by atoms with Crippen molar-refractivity contribution in [1.29, 1.82) is 5.26 Å². The fraction of sp³-hybridized carbons (Fsp3) is 0.250. The second-order valence-electron chi connectivity index (χ2n) is 2.92. The molecule has 2 rings (SSSR count). The highest BCUT2D eigenvalue weighted by Gasteiger charge is 2.12. The molecule has 15 heavy (non-hydrogen) atoms. The number of rotatable bonds is 2. The molecule has 2 heterocycles. The van der Waals surface area contributed by atoms with Crippen LogP contribution in [0.25, 0.3) is 5.65 Å². The zero-order valence-electron chi connectivity index (χ0n) is 7.58. The minimum atomic E-state index is -0.726. The van der Waals surface area contributed by atoms with Crippen LogP contribution in [0, 0.1) is 11.3 Å². The smallest absolute Gasteiger partial charge is 0.364 e. The van der Waals surface area contributed by atoms with Gasteiger partial charge in [0.05, 0.1) is 18.4 Å². The standard InChI is InChI=1S/C8H7N5O2/c9-3-5(4-14)6-1-2-7-10-11-8(15)13(7)12-6/h1-2,5,14H,4H2,(H,11,15). The van der Waals surface area contributed by atoms with Gasteiger partial charge < -0.3 is 5.11 Å². The Kier molecular flexibility index (Phi) is 2.19. The molecule has 0 bridgehead atoms. The molecule has 0 spiro atoms. The van der Waals surface area contributed by atoms with Gasteiger partial charge in [0, 0.05) is 0 Å². The van der Waals surface area contributed by atoms with Gasteiger partial charge in [0.25, 0.3) is 0 Å². The maximum absolute atomic E-state index is 11.2. The third-order valence-electron chi connectivity index (χ3n) is 1.99. The Morgan fingerprint density at radius 3 is 3.13 bits per heavy atom. The van der Waals surface area contributed by atoms with E-state index < -0.39 is 11.6 Å². The summed E-state index contributed by atoms with van der Waals surface area (Å²) in [5, 5.41) is 27.4. The summed E-state index contributed by atoms with van der Waals surface area (Å²) >= 11 is 0. The van der Waals surface area contributed by atoms with Gasteiger partial charge in [0.15, 0.2) is 5.65 Å². The SMILES string of the molecule is N#CC(CO)c1ccc2n[nH]c(=O)n2n1. The first-order chi connectivity index (χ1) is 7.26. The van der Waals surface area contributed by atoms with Gasteiger partial charge in [0.1, 0.15) is 5.92 Å². The van der Waals surface area contributed by atoms with Crippen molar-refractivity contribution in [3.63, 3.8) is 0 Å². The molecule has 1 atom stereocenters. The summed E-state index contributed by atoms with van der Waals surface area (Å²) in [7, 11) is 0. The maximum Gasteiger partial charge on any atom is 0.364 e. The first-order valence-electron chi connectivity index (χ1n) is 4.21. The average Bonchev–Trinajstić information content (AvgIpc) is 2.62. The van der Waals surface area contributed by atoms with E-state index in [1.165, 1.54) is 0 Å². The second-order valence-corrected chi connectivity index (χ2v) is 2.92. The van der Waals surface area contributed by atoms with E-state index in [2.05, 4.69) is 15.3 Å². The Bertz CT molecular complexity index is 578. The summed E-state index contributed by atoms with van der Waals surface area (Å²) in [6.07, 6.45) is 0. The average molecular weight is 205 g/mol. The molecule has 0 aromatic carbocycles. The molecule has 1 unspecified atom stereocenters. The van der Waals surface area contributed by atoms with E-state index in [0.29, 0.717) is 11.3 Å². The number of fused-ring (bicyclic) bond motifs is 1. The van der Waals surface area contributed by atoms with Crippen molar-refractivity contribution in [3.8, 4) is 6.07 Å². The lowest BCUT2D eigenvalue weighted by Gasteiger charge is -2.03. The summed E-state index contributed by atoms with van der Waals surface area (Å²) in [5.74, 6) is -0.726. The number of aliphatic hydroxyl groups excluding tert-OH is 1. The van der Waals surface area contributed by atoms with Crippen molar-refractivity contribution < 1.29 is 5.11 Å². The van der Waals surface area contributed by atoms with Gasteiger partial charge in [-0.3, -0.25) is 0 Å². The van der Waals surface area contributed by atoms with Crippen LogP contribution in [-0.2, 0) is 0 Å². The monoisotopic (exact) mass is 205 g/mol. The van der Waals surface area contributed by atoms with Crippen LogP contribution in [0.15, 0.2) is 16.9 Å². The van der Waals surface area contributed by atoms with Crippen LogP contribution in [0.2, 0.25) is 0 Å². The fourth-order valence-electron chi connectivity index (χ4n) is 1.20. The van der Waals surface area contributed by atoms with Crippen LogP contribution in [0.3, 0.4) is 0 Å². The van der Waals surface area contributed by atoms with Gasteiger partial charge in [-0.05, 0) is 12.1 Å². The Balaban J connectivity index is 2.60. The largest absolute Gasteiger partial charge is 0.395 e. The molecule has 2 N–H and O–H groups in total. The van der Waals surface area contributed by atoms with E-state index in [9.17, 15) is 4.79 Å². The zero-order valence-corrected chi connectivity index (χ0v) is 7.58. The highest BCUT2D eigenvalue weighted by Crippen LogP contribution is 2.10. The highest BCUT2D eigenvalue weighted by molar-refractivity contribution is 5.35. The number of aromatic nitrogens is 4. The van der Waals surface area contributed by atoms with Crippen LogP contribution in [0.4, 0.5) is 0 Å². The second kappa shape index (κ2) is 3.51. The lowest BCUT2D eigenvalue weighted by molar-refractivity contribution is 0.283. The number of hydrogen-bond donors (Lipinski definition) is 2. The number of H-pyrrole nitrogens is 1. The molecule has 0 amide bonds. The van der Waals surface area contributed by atoms with Gasteiger partial charge in [-0.2, -0.15) is 20.0 Å². The van der Waals surface area contributed by atoms with Crippen LogP contribution < -0.4 is 5.69 Å². The van der Waals surface area contributed by atoms with Crippen LogP contribution >= 0.6 is 0 Å². The number of nitrogens with zero attached hydrogens (tertiary/aromatic N) is 4. The predicted octanol–water partition coefficient (Wildman–Crippen LogP) is -0.983. The molecule has 2 aromatic heterocycles. The summed E-state index contributed by atoms with van der Waals surface area (Å²) in [5.41, 5.74) is 0.246. The van der Waals surface area contributed by atoms with E-state index in [1.54, 1.807) is 12.1 Å². The molecule has 0 saturated carbocycles. The van der Waals surface area contributed by atoms with Crippen molar-refractivity contribution >= 4 is 5.65 Å². The molecule has 0 fully saturated rings. The summed E-state index contributed by atoms with van der Waals surface area (Å²) in [6.45, 7) is -0.332. The van der Waals surface area contributed by atoms with Gasteiger partial charge in [-0.15, -0.1) is 0 Å². The predicted molar refractivity (Wildman–Crippen MR) is 49.0 cm³/mol. The summed E-state index contributed by atoms with van der Waals surface area (Å²) in [6, 6.07) is 5.00. The van der Waals surface area contributed by atoms with Crippen molar-refractivity contribution in [2.75, 3.05) is 6.61 Å². The lowest BCUT2D eigenvalue weighted by atomic mass is 10.1. The number of hydrogen-bond acceptors (Lipinski definition) is 5. The first kappa shape index (κ1) is 9.36. The van der Waals surface area contributed by atoms with Gasteiger partial charge in [-0.25, -0.2) is 9.89 Å². The van der Waals surface area contributed by atoms with E-state index >= 15 is 0 Å². The molecule has 7 heteroatoms. The number of aromatic amines is 1. The zero-order chi connectivity index (χ0) is 10.8. The highest BCUT2D eigenvalue weighted by atomic mass is 16.3. The Morgan fingerprint density at radius 2 is 2.47 bits per heavy atom. The molecule has 0 aliphatic carbocycles. The summed E-state index contributed by atoms with van der Waals surface area (Å²) < 4.78 is 1.05. The van der Waals surface area contributed by atoms with Gasteiger partial charge >= 0.3 is 5.69 Å². The van der Waals surface area contributed by atoms with Crippen LogP contribution in [-0.4, -0.2) is 31.5 Å². The topological polar surface area (TPSA) is 107 Å². The van der Waals surface area contributed by atoms with Crippen molar-refractivity contribution in [2.24, 2.45) is 0 Å². The quantitative estimate of drug-likeness (QED) is 0.655. The number of aliphatic hydroxyl groups is 1. The molecule has 0 aliphatic rings. The molecule has 7 nitrogen and oxygen atoms in total. The van der Waals surface area contributed by atoms with Crippen molar-refractivity contribution in [1.82, 2.24) is 19.8 Å². The molecule has 0 saturated heterocycles. The maximum atomic E-state index is 11.2. The third-order valence-corrected chi connectivity index (χ3v) is 1.99. The molecule has 0 aliphatic heterocycles. The van der Waals surface area contributed by atoms with Gasteiger partial charge in [-0.1, -0.05) is 0 Å². The molecule has 0 radical (unpaired) electrons. The van der Waals surface area contributed by atoms with E-state index in [0.717, 1.165) is 4.52 Å². The van der Waals surface area contributed by atoms with Crippen LogP contribution in [0.1, 0.15) is 11.6 Å². The fourth-order valence-corrected chi connectivity index (χ4v) is 1.20. The third kappa shape index (κ3) is 1.47. The van der Waals surface area contributed by atoms with E-state index in [1.807, 2.05) is 6.07 Å². The molecule has 76 valence electrons. The summed E-state index contributed by atoms with van der Waals surface area (Å²) in [4.78, 5) is 11.2. The Morgan fingerprint density at radius 1 is 1.67 bits per heavy atom. The first-order valence-corrected chi connectivity index (χ1v) is 4.21. The minimum absolute atomic E-state index is 0.332. The minimum Gasteiger partial charge on any atom is -0.395 e. The lowest BCUT2D eigenvalue weighted by Crippen LogP contribution is -2.15. The van der Waals surface area contributed by atoms with Crippen molar-refractivity contribution in [2.45, 2.75) is 5.92 Å². The molecular weight excluding hydrogens is 198 g/mol. The van der Waals surface area contributed by atoms with Crippen LogP contribution in [0.5, 0.6) is 0 Å². The van der Waals surface area contributed by atoms with Gasteiger partial charge in [0.2, 0.25) is 0 Å².